The van der Waals surface area contributed by atoms with Crippen molar-refractivity contribution in [2.45, 2.75) is 32.7 Å². The monoisotopic (exact) mass is 194 g/mol. The van der Waals surface area contributed by atoms with Crippen molar-refractivity contribution >= 4 is 11.4 Å². The molecule has 0 rings (SSSR count). The van der Waals surface area contributed by atoms with Crippen molar-refractivity contribution in [3.8, 4) is 0 Å². The molecule has 0 radical (unpaired) electrons. The molecule has 0 aromatic rings. The first-order valence-corrected chi connectivity index (χ1v) is 5.12. The fraction of sp³-hybridized carbons (Fsp3) is 1.00. The maximum Gasteiger partial charge on any atom is 0.0842 e. The van der Waals surface area contributed by atoms with Crippen LogP contribution in [0.15, 0.2) is 0 Å². The van der Waals surface area contributed by atoms with E-state index in [9.17, 15) is 8.76 Å². The van der Waals surface area contributed by atoms with Crippen LogP contribution < -0.4 is 5.32 Å². The van der Waals surface area contributed by atoms with Crippen LogP contribution in [0.3, 0.4) is 0 Å². The van der Waals surface area contributed by atoms with Gasteiger partial charge in [0.15, 0.2) is 0 Å². The van der Waals surface area contributed by atoms with Crippen molar-refractivity contribution < 1.29 is 12.9 Å². The van der Waals surface area contributed by atoms with Crippen LogP contribution >= 0.6 is 0 Å². The molecule has 4 nitrogen and oxygen atoms in total. The highest BCUT2D eigenvalue weighted by atomic mass is 32.2. The Balaban J connectivity index is 3.05. The van der Waals surface area contributed by atoms with Gasteiger partial charge in [-0.2, -0.15) is 0 Å². The first kappa shape index (κ1) is 12.0. The third kappa shape index (κ3) is 8.13. The Morgan fingerprint density at radius 3 is 2.83 bits per heavy atom. The standard InChI is InChI=1S/C7H17NO3S/c1-3-7(2)8-5-4-6-11-12(9)10/h7-8H,3-6H2,1-2H3,(H,9,10)/p-1. The van der Waals surface area contributed by atoms with Gasteiger partial charge in [0.2, 0.25) is 0 Å². The van der Waals surface area contributed by atoms with Crippen molar-refractivity contribution in [3.63, 3.8) is 0 Å². The van der Waals surface area contributed by atoms with Gasteiger partial charge in [-0.3, -0.25) is 0 Å². The zero-order chi connectivity index (χ0) is 9.40. The average Bonchev–Trinajstić information content (AvgIpc) is 2.03. The first-order chi connectivity index (χ1) is 5.66. The molecule has 0 spiro atoms. The summed E-state index contributed by atoms with van der Waals surface area (Å²) in [5.41, 5.74) is 0. The lowest BCUT2D eigenvalue weighted by Crippen LogP contribution is -2.26. The van der Waals surface area contributed by atoms with Gasteiger partial charge in [0, 0.05) is 6.04 Å². The van der Waals surface area contributed by atoms with Crippen molar-refractivity contribution in [2.24, 2.45) is 0 Å². The maximum atomic E-state index is 9.91. The van der Waals surface area contributed by atoms with Gasteiger partial charge in [0.25, 0.3) is 0 Å². The lowest BCUT2D eigenvalue weighted by molar-refractivity contribution is 0.291. The summed E-state index contributed by atoms with van der Waals surface area (Å²) >= 11 is -2.36. The molecule has 0 fully saturated rings. The molecule has 0 aromatic heterocycles. The second-order valence-corrected chi connectivity index (χ2v) is 3.29. The van der Waals surface area contributed by atoms with Crippen LogP contribution in [0.5, 0.6) is 0 Å². The van der Waals surface area contributed by atoms with Crippen molar-refractivity contribution in [1.82, 2.24) is 5.32 Å². The molecule has 0 amide bonds. The van der Waals surface area contributed by atoms with Gasteiger partial charge in [-0.15, -0.1) is 0 Å². The quantitative estimate of drug-likeness (QED) is 0.475. The van der Waals surface area contributed by atoms with Crippen molar-refractivity contribution in [3.05, 3.63) is 0 Å². The van der Waals surface area contributed by atoms with E-state index < -0.39 is 11.4 Å². The number of hydrogen-bond acceptors (Lipinski definition) is 4. The summed E-state index contributed by atoms with van der Waals surface area (Å²) in [5, 5.41) is 3.23. The first-order valence-electron chi connectivity index (χ1n) is 4.12. The van der Waals surface area contributed by atoms with Gasteiger partial charge in [-0.1, -0.05) is 6.92 Å². The molecule has 0 aliphatic rings. The predicted octanol–water partition coefficient (Wildman–Crippen LogP) is 0.575. The largest absolute Gasteiger partial charge is 0.750 e. The Bertz CT molecular complexity index is 132. The van der Waals surface area contributed by atoms with E-state index in [1.807, 2.05) is 0 Å². The highest BCUT2D eigenvalue weighted by molar-refractivity contribution is 7.74. The Kier molecular flexibility index (Phi) is 7.69. The molecule has 0 heterocycles. The van der Waals surface area contributed by atoms with Crippen LogP contribution in [0.4, 0.5) is 0 Å². The maximum absolute atomic E-state index is 9.91. The van der Waals surface area contributed by atoms with E-state index >= 15 is 0 Å². The van der Waals surface area contributed by atoms with Gasteiger partial charge >= 0.3 is 0 Å². The summed E-state index contributed by atoms with van der Waals surface area (Å²) in [6.45, 7) is 5.25. The third-order valence-electron chi connectivity index (χ3n) is 1.61. The Morgan fingerprint density at radius 2 is 2.33 bits per heavy atom. The number of rotatable bonds is 7. The predicted molar refractivity (Wildman–Crippen MR) is 47.2 cm³/mol. The molecule has 0 saturated heterocycles. The van der Waals surface area contributed by atoms with E-state index in [0.29, 0.717) is 6.04 Å². The SMILES string of the molecule is CCC(C)NCCCOS(=O)[O-]. The smallest absolute Gasteiger partial charge is 0.0842 e. The summed E-state index contributed by atoms with van der Waals surface area (Å²) in [7, 11) is 0. The van der Waals surface area contributed by atoms with E-state index in [1.54, 1.807) is 0 Å². The minimum Gasteiger partial charge on any atom is -0.750 e. The van der Waals surface area contributed by atoms with Crippen LogP contribution in [-0.4, -0.2) is 28.0 Å². The zero-order valence-corrected chi connectivity index (χ0v) is 8.36. The fourth-order valence-corrected chi connectivity index (χ4v) is 0.946. The molecule has 0 saturated carbocycles. The molecular weight excluding hydrogens is 178 g/mol. The van der Waals surface area contributed by atoms with E-state index in [4.69, 9.17) is 0 Å². The Labute approximate surface area is 76.2 Å². The van der Waals surface area contributed by atoms with Crippen molar-refractivity contribution in [1.29, 1.82) is 0 Å². The molecule has 2 unspecified atom stereocenters. The molecule has 12 heavy (non-hydrogen) atoms. The molecule has 2 atom stereocenters. The van der Waals surface area contributed by atoms with Gasteiger partial charge in [-0.05, 0) is 26.3 Å². The summed E-state index contributed by atoms with van der Waals surface area (Å²) in [5.74, 6) is 0. The van der Waals surface area contributed by atoms with E-state index in [-0.39, 0.29) is 6.61 Å². The van der Waals surface area contributed by atoms with Crippen LogP contribution in [-0.2, 0) is 15.5 Å². The summed E-state index contributed by atoms with van der Waals surface area (Å²) < 4.78 is 24.2. The molecule has 1 N–H and O–H groups in total. The van der Waals surface area contributed by atoms with Crippen LogP contribution in [0.1, 0.15) is 26.7 Å². The normalized spacial score (nSPS) is 15.9. The van der Waals surface area contributed by atoms with Gasteiger partial charge in [0.05, 0.1) is 18.0 Å². The Morgan fingerprint density at radius 1 is 1.67 bits per heavy atom. The fourth-order valence-electron chi connectivity index (χ4n) is 0.692. The average molecular weight is 194 g/mol. The number of nitrogens with one attached hydrogen (secondary N) is 1. The van der Waals surface area contributed by atoms with Gasteiger partial charge < -0.3 is 14.1 Å². The Hall–Kier alpha value is 0.0300. The molecule has 0 aromatic carbocycles. The second-order valence-electron chi connectivity index (χ2n) is 2.64. The molecule has 74 valence electrons. The lowest BCUT2D eigenvalue weighted by Gasteiger charge is -2.11. The van der Waals surface area contributed by atoms with Crippen LogP contribution in [0, 0.1) is 0 Å². The summed E-state index contributed by atoms with van der Waals surface area (Å²) in [6.07, 6.45) is 1.80. The second kappa shape index (κ2) is 7.67. The topological polar surface area (TPSA) is 61.4 Å². The zero-order valence-electron chi connectivity index (χ0n) is 7.54. The van der Waals surface area contributed by atoms with E-state index in [2.05, 4.69) is 23.3 Å². The lowest BCUT2D eigenvalue weighted by atomic mass is 10.2. The molecule has 5 heteroatoms. The summed E-state index contributed by atoms with van der Waals surface area (Å²) in [4.78, 5) is 0. The van der Waals surface area contributed by atoms with Crippen LogP contribution in [0.25, 0.3) is 0 Å². The molecule has 0 bridgehead atoms. The molecule has 0 aliphatic carbocycles. The third-order valence-corrected chi connectivity index (χ3v) is 1.96. The number of hydrogen-bond donors (Lipinski definition) is 1. The van der Waals surface area contributed by atoms with Gasteiger partial charge in [-0.25, -0.2) is 4.21 Å². The van der Waals surface area contributed by atoms with Crippen molar-refractivity contribution in [2.75, 3.05) is 13.2 Å². The van der Waals surface area contributed by atoms with Gasteiger partial charge in [0.1, 0.15) is 0 Å². The van der Waals surface area contributed by atoms with E-state index in [1.165, 1.54) is 0 Å². The molecular formula is C7H16NO3S-. The highest BCUT2D eigenvalue weighted by Crippen LogP contribution is 1.89. The highest BCUT2D eigenvalue weighted by Gasteiger charge is 1.95. The minimum absolute atomic E-state index is 0.263. The van der Waals surface area contributed by atoms with E-state index in [0.717, 1.165) is 19.4 Å². The molecule has 0 aliphatic heterocycles. The van der Waals surface area contributed by atoms with Crippen LogP contribution in [0.2, 0.25) is 0 Å². The summed E-state index contributed by atoms with van der Waals surface area (Å²) in [6, 6.07) is 0.489. The minimum atomic E-state index is -2.36.